The summed E-state index contributed by atoms with van der Waals surface area (Å²) < 4.78 is 2.13. The molecule has 4 rings (SSSR count). The zero-order valence-electron chi connectivity index (χ0n) is 13.7. The van der Waals surface area contributed by atoms with Crippen molar-refractivity contribution in [1.29, 1.82) is 0 Å². The second kappa shape index (κ2) is 6.77. The van der Waals surface area contributed by atoms with Crippen LogP contribution in [-0.2, 0) is 6.42 Å². The van der Waals surface area contributed by atoms with Gasteiger partial charge in [0.05, 0.1) is 5.52 Å². The van der Waals surface area contributed by atoms with Crippen LogP contribution in [0.1, 0.15) is 16.7 Å². The van der Waals surface area contributed by atoms with Crippen molar-refractivity contribution in [3.05, 3.63) is 86.3 Å². The van der Waals surface area contributed by atoms with Gasteiger partial charge in [-0.05, 0) is 70.2 Å². The van der Waals surface area contributed by atoms with Gasteiger partial charge in [0.1, 0.15) is 11.3 Å². The van der Waals surface area contributed by atoms with Gasteiger partial charge in [-0.1, -0.05) is 52.3 Å². The van der Waals surface area contributed by atoms with Crippen molar-refractivity contribution in [2.24, 2.45) is 0 Å². The van der Waals surface area contributed by atoms with E-state index in [0.29, 0.717) is 0 Å². The van der Waals surface area contributed by atoms with Gasteiger partial charge in [0.15, 0.2) is 0 Å². The van der Waals surface area contributed by atoms with Crippen LogP contribution < -0.4 is 0 Å². The Labute approximate surface area is 163 Å². The minimum Gasteiger partial charge on any atom is -0.338 e. The van der Waals surface area contributed by atoms with Crippen LogP contribution in [0.15, 0.2) is 69.6 Å². The lowest BCUT2D eigenvalue weighted by molar-refractivity contribution is 1.19. The van der Waals surface area contributed by atoms with Crippen LogP contribution in [0.4, 0.5) is 0 Å². The van der Waals surface area contributed by atoms with E-state index >= 15 is 0 Å². The number of nitrogens with one attached hydrogen (secondary N) is 1. The third kappa shape index (κ3) is 3.55. The molecule has 0 unspecified atom stereocenters. The Morgan fingerprint density at radius 3 is 2.20 bits per heavy atom. The van der Waals surface area contributed by atoms with E-state index in [1.54, 1.807) is 0 Å². The van der Waals surface area contributed by atoms with E-state index in [4.69, 9.17) is 4.98 Å². The van der Waals surface area contributed by atoms with Crippen molar-refractivity contribution in [3.63, 3.8) is 0 Å². The van der Waals surface area contributed by atoms with Gasteiger partial charge in [0.25, 0.3) is 0 Å². The van der Waals surface area contributed by atoms with Gasteiger partial charge < -0.3 is 4.98 Å². The topological polar surface area (TPSA) is 28.7 Å². The lowest BCUT2D eigenvalue weighted by atomic mass is 10.0. The number of hydrogen-bond acceptors (Lipinski definition) is 1. The van der Waals surface area contributed by atoms with Gasteiger partial charge in [0, 0.05) is 14.5 Å². The molecule has 2 nitrogen and oxygen atoms in total. The maximum absolute atomic E-state index is 4.74. The Bertz CT molecular complexity index is 1030. The number of fused-ring (bicyclic) bond motifs is 1. The number of H-pyrrole nitrogens is 1. The molecule has 0 radical (unpaired) electrons. The van der Waals surface area contributed by atoms with Gasteiger partial charge in [-0.15, -0.1) is 0 Å². The number of benzene rings is 3. The zero-order valence-corrected chi connectivity index (χ0v) is 16.9. The standard InChI is InChI=1S/C21H16Br2N2/c1-13-10-18(23)20-19(11-13)24-21(25-20)16-6-2-14(3-7-16)12-15-4-8-17(22)9-5-15/h2-11H,12H2,1H3,(H,24,25). The smallest absolute Gasteiger partial charge is 0.138 e. The molecule has 1 heterocycles. The van der Waals surface area contributed by atoms with Gasteiger partial charge >= 0.3 is 0 Å². The Morgan fingerprint density at radius 2 is 1.52 bits per heavy atom. The molecule has 0 spiro atoms. The zero-order chi connectivity index (χ0) is 17.4. The molecule has 1 aromatic heterocycles. The van der Waals surface area contributed by atoms with Crippen LogP contribution in [0, 0.1) is 6.92 Å². The third-order valence-electron chi connectivity index (χ3n) is 4.23. The number of aromatic amines is 1. The van der Waals surface area contributed by atoms with Gasteiger partial charge in [-0.25, -0.2) is 4.98 Å². The minimum absolute atomic E-state index is 0.900. The summed E-state index contributed by atoms with van der Waals surface area (Å²) >= 11 is 7.08. The molecule has 0 aliphatic carbocycles. The van der Waals surface area contributed by atoms with E-state index in [9.17, 15) is 0 Å². The molecule has 25 heavy (non-hydrogen) atoms. The first-order chi connectivity index (χ1) is 12.1. The van der Waals surface area contributed by atoms with Gasteiger partial charge in [0.2, 0.25) is 0 Å². The summed E-state index contributed by atoms with van der Waals surface area (Å²) in [7, 11) is 0. The van der Waals surface area contributed by atoms with Crippen molar-refractivity contribution in [1.82, 2.24) is 9.97 Å². The summed E-state index contributed by atoms with van der Waals surface area (Å²) in [6.45, 7) is 2.08. The molecule has 0 saturated carbocycles. The van der Waals surface area contributed by atoms with Crippen molar-refractivity contribution in [2.75, 3.05) is 0 Å². The SMILES string of the molecule is Cc1cc(Br)c2nc(-c3ccc(Cc4ccc(Br)cc4)cc3)[nH]c2c1. The fraction of sp³-hybridized carbons (Fsp3) is 0.0952. The van der Waals surface area contributed by atoms with Crippen LogP contribution in [-0.4, -0.2) is 9.97 Å². The number of rotatable bonds is 3. The van der Waals surface area contributed by atoms with Gasteiger partial charge in [-0.3, -0.25) is 0 Å². The molecule has 0 bridgehead atoms. The van der Waals surface area contributed by atoms with Crippen molar-refractivity contribution in [3.8, 4) is 11.4 Å². The Kier molecular flexibility index (Phi) is 4.48. The molecule has 0 amide bonds. The van der Waals surface area contributed by atoms with E-state index in [0.717, 1.165) is 37.8 Å². The van der Waals surface area contributed by atoms with E-state index in [2.05, 4.69) is 104 Å². The Balaban J connectivity index is 1.61. The molecule has 0 fully saturated rings. The quantitative estimate of drug-likeness (QED) is 0.367. The normalized spacial score (nSPS) is 11.2. The number of halogens is 2. The Hall–Kier alpha value is -1.91. The summed E-state index contributed by atoms with van der Waals surface area (Å²) in [5.74, 6) is 0.900. The highest BCUT2D eigenvalue weighted by Crippen LogP contribution is 2.27. The molecule has 3 aromatic carbocycles. The summed E-state index contributed by atoms with van der Waals surface area (Å²) in [4.78, 5) is 8.16. The summed E-state index contributed by atoms with van der Waals surface area (Å²) in [5, 5.41) is 0. The molecular formula is C21H16Br2N2. The first-order valence-corrected chi connectivity index (χ1v) is 9.67. The number of nitrogens with zero attached hydrogens (tertiary/aromatic N) is 1. The maximum Gasteiger partial charge on any atom is 0.138 e. The fourth-order valence-corrected chi connectivity index (χ4v) is 3.89. The average molecular weight is 456 g/mol. The molecule has 124 valence electrons. The van der Waals surface area contributed by atoms with Crippen LogP contribution in [0.5, 0.6) is 0 Å². The third-order valence-corrected chi connectivity index (χ3v) is 5.37. The highest BCUT2D eigenvalue weighted by molar-refractivity contribution is 9.11. The maximum atomic E-state index is 4.74. The van der Waals surface area contributed by atoms with Crippen LogP contribution >= 0.6 is 31.9 Å². The van der Waals surface area contributed by atoms with Crippen molar-refractivity contribution in [2.45, 2.75) is 13.3 Å². The largest absolute Gasteiger partial charge is 0.338 e. The van der Waals surface area contributed by atoms with Crippen LogP contribution in [0.25, 0.3) is 22.4 Å². The highest BCUT2D eigenvalue weighted by atomic mass is 79.9. The molecule has 0 aliphatic heterocycles. The second-order valence-corrected chi connectivity index (χ2v) is 8.00. The van der Waals surface area contributed by atoms with Crippen molar-refractivity contribution < 1.29 is 0 Å². The predicted octanol–water partition coefficient (Wildman–Crippen LogP) is 6.65. The van der Waals surface area contributed by atoms with Crippen molar-refractivity contribution >= 4 is 42.9 Å². The molecular weight excluding hydrogens is 440 g/mol. The van der Waals surface area contributed by atoms with Gasteiger partial charge in [-0.2, -0.15) is 0 Å². The molecule has 1 N–H and O–H groups in total. The number of aryl methyl sites for hydroxylation is 1. The molecule has 4 aromatic rings. The van der Waals surface area contributed by atoms with E-state index < -0.39 is 0 Å². The summed E-state index contributed by atoms with van der Waals surface area (Å²) in [5.41, 5.74) is 6.93. The predicted molar refractivity (Wildman–Crippen MR) is 111 cm³/mol. The molecule has 0 atom stereocenters. The van der Waals surface area contributed by atoms with E-state index in [1.807, 2.05) is 0 Å². The monoisotopic (exact) mass is 454 g/mol. The average Bonchev–Trinajstić information content (AvgIpc) is 3.02. The molecule has 4 heteroatoms. The highest BCUT2D eigenvalue weighted by Gasteiger charge is 2.09. The summed E-state index contributed by atoms with van der Waals surface area (Å²) in [6, 6.07) is 21.3. The number of hydrogen-bond donors (Lipinski definition) is 1. The number of imidazole rings is 1. The van der Waals surface area contributed by atoms with Crippen LogP contribution in [0.3, 0.4) is 0 Å². The Morgan fingerprint density at radius 1 is 0.880 bits per heavy atom. The first kappa shape index (κ1) is 16.6. The van der Waals surface area contributed by atoms with E-state index in [-0.39, 0.29) is 0 Å². The fourth-order valence-electron chi connectivity index (χ4n) is 2.97. The van der Waals surface area contributed by atoms with E-state index in [1.165, 1.54) is 16.7 Å². The minimum atomic E-state index is 0.900. The molecule has 0 saturated heterocycles. The number of aromatic nitrogens is 2. The first-order valence-electron chi connectivity index (χ1n) is 8.08. The van der Waals surface area contributed by atoms with Crippen LogP contribution in [0.2, 0.25) is 0 Å². The second-order valence-electron chi connectivity index (χ2n) is 6.23. The molecule has 0 aliphatic rings. The lowest BCUT2D eigenvalue weighted by Gasteiger charge is -2.03. The summed E-state index contributed by atoms with van der Waals surface area (Å²) in [6.07, 6.45) is 0.929. The lowest BCUT2D eigenvalue weighted by Crippen LogP contribution is -1.88.